The number of para-hydroxylation sites is 1. The van der Waals surface area contributed by atoms with Gasteiger partial charge in [-0.3, -0.25) is 5.01 Å². The fourth-order valence-electron chi connectivity index (χ4n) is 2.42. The molecule has 0 aliphatic carbocycles. The molecule has 0 saturated heterocycles. The van der Waals surface area contributed by atoms with E-state index in [0.29, 0.717) is 11.6 Å². The molecule has 0 heterocycles. The minimum atomic E-state index is -0.945. The van der Waals surface area contributed by atoms with E-state index in [1.807, 2.05) is 44.4 Å². The average molecular weight is 386 g/mol. The van der Waals surface area contributed by atoms with E-state index < -0.39 is 6.35 Å². The third-order valence-corrected chi connectivity index (χ3v) is 4.11. The molecule has 1 unspecified atom stereocenters. The first-order valence-electron chi connectivity index (χ1n) is 9.54. The van der Waals surface area contributed by atoms with Gasteiger partial charge in [0.15, 0.2) is 0 Å². The molecular weight excluding hydrogens is 350 g/mol. The molecule has 0 fully saturated rings. The van der Waals surface area contributed by atoms with E-state index in [2.05, 4.69) is 36.4 Å². The summed E-state index contributed by atoms with van der Waals surface area (Å²) in [5.41, 5.74) is 3.65. The maximum Gasteiger partial charge on any atom is 0.202 e. The van der Waals surface area contributed by atoms with E-state index in [0.717, 1.165) is 29.8 Å². The van der Waals surface area contributed by atoms with Gasteiger partial charge in [-0.15, -0.1) is 0 Å². The number of aliphatic hydroxyl groups excluding tert-OH is 1. The molecule has 0 bridgehead atoms. The zero-order chi connectivity index (χ0) is 20.9. The molecule has 1 aromatic carbocycles. The molecule has 1 rings (SSSR count). The number of nitrogens with zero attached hydrogens (tertiary/aromatic N) is 1. The van der Waals surface area contributed by atoms with Crippen LogP contribution < -0.4 is 21.8 Å². The minimum Gasteiger partial charge on any atom is -0.390 e. The van der Waals surface area contributed by atoms with E-state index >= 15 is 0 Å². The number of aryl methyl sites for hydroxylation is 1. The van der Waals surface area contributed by atoms with Crippen LogP contribution in [0.3, 0.4) is 0 Å². The molecule has 0 amide bonds. The summed E-state index contributed by atoms with van der Waals surface area (Å²) in [6, 6.07) is 7.76. The highest BCUT2D eigenvalue weighted by Crippen LogP contribution is 2.13. The first-order valence-corrected chi connectivity index (χ1v) is 9.54. The van der Waals surface area contributed by atoms with Crippen molar-refractivity contribution in [3.63, 3.8) is 0 Å². The zero-order valence-electron chi connectivity index (χ0n) is 17.4. The molecule has 6 heteroatoms. The number of nitrogens with one attached hydrogen (secondary N) is 3. The smallest absolute Gasteiger partial charge is 0.202 e. The van der Waals surface area contributed by atoms with Crippen molar-refractivity contribution in [2.75, 3.05) is 12.4 Å². The second kappa shape index (κ2) is 12.6. The summed E-state index contributed by atoms with van der Waals surface area (Å²) in [5, 5.41) is 20.8. The highest BCUT2D eigenvalue weighted by Gasteiger charge is 2.05. The van der Waals surface area contributed by atoms with Crippen LogP contribution in [0.25, 0.3) is 0 Å². The Morgan fingerprint density at radius 2 is 2.04 bits per heavy atom. The molecule has 1 aromatic rings. The van der Waals surface area contributed by atoms with Gasteiger partial charge in [0.2, 0.25) is 6.35 Å². The lowest BCUT2D eigenvalue weighted by molar-refractivity contribution is 0.179. The normalized spacial score (nSPS) is 13.5. The maximum absolute atomic E-state index is 10.2. The second-order valence-electron chi connectivity index (χ2n) is 6.96. The van der Waals surface area contributed by atoms with Crippen molar-refractivity contribution < 1.29 is 5.11 Å². The van der Waals surface area contributed by atoms with Crippen LogP contribution in [-0.2, 0) is 0 Å². The Labute approximate surface area is 169 Å². The van der Waals surface area contributed by atoms with Gasteiger partial charge in [0.1, 0.15) is 0 Å². The summed E-state index contributed by atoms with van der Waals surface area (Å²) in [5.74, 6) is 6.64. The van der Waals surface area contributed by atoms with Gasteiger partial charge in [0, 0.05) is 36.5 Å². The summed E-state index contributed by atoms with van der Waals surface area (Å²) in [4.78, 5) is 0. The molecule has 0 aliphatic heterocycles. The van der Waals surface area contributed by atoms with Crippen molar-refractivity contribution >= 4 is 5.69 Å². The van der Waals surface area contributed by atoms with Crippen LogP contribution in [0.15, 0.2) is 72.9 Å². The lowest BCUT2D eigenvalue weighted by Crippen LogP contribution is -2.35. The van der Waals surface area contributed by atoms with Gasteiger partial charge in [-0.1, -0.05) is 38.6 Å². The van der Waals surface area contributed by atoms with Crippen molar-refractivity contribution in [1.29, 1.82) is 0 Å². The van der Waals surface area contributed by atoms with Gasteiger partial charge in [0.25, 0.3) is 0 Å². The monoisotopic (exact) mass is 385 g/mol. The Morgan fingerprint density at radius 1 is 1.32 bits per heavy atom. The molecule has 0 spiro atoms. The Hall–Kier alpha value is -2.70. The number of nitrogens with two attached hydrogens (primary N) is 1. The molecular formula is C22H35N5O. The SMILES string of the molecule is C=C/C(=C\C=C\N(N)/C=C(/CCC(C)C)NC)NC(O)Nc1ccccc1C. The van der Waals surface area contributed by atoms with E-state index in [4.69, 9.17) is 5.84 Å². The summed E-state index contributed by atoms with van der Waals surface area (Å²) < 4.78 is 0. The lowest BCUT2D eigenvalue weighted by atomic mass is 10.1. The van der Waals surface area contributed by atoms with E-state index in [-0.39, 0.29) is 0 Å². The standard InChI is InChI=1S/C22H35N5O/c1-6-19(25-22(28)26-21-12-8-7-10-18(21)4)11-9-15-27(23)16-20(24-5)14-13-17(2)3/h6-12,15-17,22,24-26,28H,1,13-14,23H2,2-5H3/b15-9+,19-11+,20-16-. The first kappa shape index (κ1) is 23.3. The number of allylic oxidation sites excluding steroid dienone is 4. The number of anilines is 1. The average Bonchev–Trinajstić information content (AvgIpc) is 2.65. The fraction of sp³-hybridized carbons (Fsp3) is 0.364. The predicted molar refractivity (Wildman–Crippen MR) is 119 cm³/mol. The molecule has 154 valence electrons. The Balaban J connectivity index is 2.63. The zero-order valence-corrected chi connectivity index (χ0v) is 17.4. The molecule has 1 atom stereocenters. The summed E-state index contributed by atoms with van der Waals surface area (Å²) in [6.45, 7) is 10.1. The largest absolute Gasteiger partial charge is 0.390 e. The van der Waals surface area contributed by atoms with Crippen molar-refractivity contribution in [3.05, 3.63) is 78.4 Å². The van der Waals surface area contributed by atoms with Gasteiger partial charge in [-0.2, -0.15) is 0 Å². The first-order chi connectivity index (χ1) is 13.3. The van der Waals surface area contributed by atoms with E-state index in [1.54, 1.807) is 24.4 Å². The molecule has 0 aliphatic rings. The van der Waals surface area contributed by atoms with Crippen molar-refractivity contribution in [3.8, 4) is 0 Å². The lowest BCUT2D eigenvalue weighted by Gasteiger charge is -2.18. The predicted octanol–water partition coefficient (Wildman–Crippen LogP) is 3.53. The van der Waals surface area contributed by atoms with Crippen LogP contribution in [0, 0.1) is 12.8 Å². The van der Waals surface area contributed by atoms with E-state index in [1.165, 1.54) is 5.01 Å². The van der Waals surface area contributed by atoms with Gasteiger partial charge >= 0.3 is 0 Å². The number of aliphatic hydroxyl groups is 1. The van der Waals surface area contributed by atoms with Crippen LogP contribution in [0.5, 0.6) is 0 Å². The minimum absolute atomic E-state index is 0.641. The van der Waals surface area contributed by atoms with Gasteiger partial charge in [0.05, 0.1) is 0 Å². The fourth-order valence-corrected chi connectivity index (χ4v) is 2.42. The van der Waals surface area contributed by atoms with Gasteiger partial charge in [-0.25, -0.2) is 5.84 Å². The Kier molecular flexibility index (Phi) is 10.5. The van der Waals surface area contributed by atoms with Crippen molar-refractivity contribution in [2.45, 2.75) is 40.0 Å². The van der Waals surface area contributed by atoms with Crippen LogP contribution in [0.4, 0.5) is 5.69 Å². The van der Waals surface area contributed by atoms with Crippen LogP contribution in [0.1, 0.15) is 32.3 Å². The van der Waals surface area contributed by atoms with Crippen molar-refractivity contribution in [2.24, 2.45) is 11.8 Å². The Bertz CT molecular complexity index is 694. The third-order valence-electron chi connectivity index (χ3n) is 4.11. The van der Waals surface area contributed by atoms with Crippen LogP contribution in [-0.4, -0.2) is 23.5 Å². The van der Waals surface area contributed by atoms with Gasteiger partial charge in [-0.05, 0) is 55.5 Å². The van der Waals surface area contributed by atoms with Crippen LogP contribution >= 0.6 is 0 Å². The van der Waals surface area contributed by atoms with E-state index in [9.17, 15) is 5.11 Å². The number of hydrogen-bond donors (Lipinski definition) is 5. The Morgan fingerprint density at radius 3 is 2.64 bits per heavy atom. The number of hydrazine groups is 1. The maximum atomic E-state index is 10.2. The quantitative estimate of drug-likeness (QED) is 0.164. The summed E-state index contributed by atoms with van der Waals surface area (Å²) in [6.07, 6.45) is 9.90. The second-order valence-corrected chi connectivity index (χ2v) is 6.96. The van der Waals surface area contributed by atoms with Crippen LogP contribution in [0.2, 0.25) is 0 Å². The van der Waals surface area contributed by atoms with Gasteiger partial charge < -0.3 is 21.1 Å². The topological polar surface area (TPSA) is 85.6 Å². The molecule has 6 N–H and O–H groups in total. The highest BCUT2D eigenvalue weighted by atomic mass is 16.3. The highest BCUT2D eigenvalue weighted by molar-refractivity contribution is 5.50. The number of rotatable bonds is 12. The number of benzene rings is 1. The van der Waals surface area contributed by atoms with Crippen molar-refractivity contribution in [1.82, 2.24) is 15.6 Å². The third kappa shape index (κ3) is 9.30. The summed E-state index contributed by atoms with van der Waals surface area (Å²) >= 11 is 0. The molecule has 0 saturated carbocycles. The molecule has 0 radical (unpaired) electrons. The number of hydrogen-bond acceptors (Lipinski definition) is 6. The molecule has 6 nitrogen and oxygen atoms in total. The summed E-state index contributed by atoms with van der Waals surface area (Å²) in [7, 11) is 1.90. The molecule has 0 aromatic heterocycles. The molecule has 28 heavy (non-hydrogen) atoms.